The molecule has 1 atom stereocenters. The second kappa shape index (κ2) is 7.31. The van der Waals surface area contributed by atoms with E-state index < -0.39 is 17.7 Å². The maximum atomic E-state index is 13.2. The van der Waals surface area contributed by atoms with Gasteiger partial charge in [-0.1, -0.05) is 42.5 Å². The number of rotatable bonds is 3. The fourth-order valence-electron chi connectivity index (χ4n) is 4.17. The summed E-state index contributed by atoms with van der Waals surface area (Å²) >= 11 is 0. The highest BCUT2D eigenvalue weighted by Crippen LogP contribution is 2.45. The molecule has 1 aliphatic rings. The first-order valence-corrected chi connectivity index (χ1v) is 9.92. The topological polar surface area (TPSA) is 114 Å². The molecule has 158 valence electrons. The zero-order valence-corrected chi connectivity index (χ0v) is 16.7. The summed E-state index contributed by atoms with van der Waals surface area (Å²) in [7, 11) is 0. The summed E-state index contributed by atoms with van der Waals surface area (Å²) in [5.74, 6) is -2.36. The summed E-state index contributed by atoms with van der Waals surface area (Å²) < 4.78 is 0. The number of aromatic amines is 1. The summed E-state index contributed by atoms with van der Waals surface area (Å²) in [5.41, 5.74) is 1.54. The van der Waals surface area contributed by atoms with E-state index in [9.17, 15) is 24.9 Å². The van der Waals surface area contributed by atoms with E-state index in [0.29, 0.717) is 16.5 Å². The molecular weight excluding hydrogens is 408 g/mol. The number of hydrogen-bond acceptors (Lipinski definition) is 5. The van der Waals surface area contributed by atoms with Crippen molar-refractivity contribution >= 4 is 34.0 Å². The van der Waals surface area contributed by atoms with Crippen molar-refractivity contribution in [3.63, 3.8) is 0 Å². The molecule has 4 N–H and O–H groups in total. The molecule has 1 aliphatic heterocycles. The third-order valence-electron chi connectivity index (χ3n) is 5.62. The zero-order chi connectivity index (χ0) is 22.4. The largest absolute Gasteiger partial charge is 0.508 e. The quantitative estimate of drug-likeness (QED) is 0.223. The van der Waals surface area contributed by atoms with Gasteiger partial charge in [0.25, 0.3) is 11.7 Å². The first-order valence-electron chi connectivity index (χ1n) is 9.92. The molecule has 1 aromatic heterocycles. The maximum absolute atomic E-state index is 13.2. The van der Waals surface area contributed by atoms with Crippen LogP contribution in [0.1, 0.15) is 17.2 Å². The molecule has 2 heterocycles. The van der Waals surface area contributed by atoms with Crippen LogP contribution in [0.5, 0.6) is 11.5 Å². The highest BCUT2D eigenvalue weighted by Gasteiger charge is 2.47. The van der Waals surface area contributed by atoms with Crippen molar-refractivity contribution in [1.29, 1.82) is 0 Å². The van der Waals surface area contributed by atoms with Crippen LogP contribution in [0.2, 0.25) is 0 Å². The van der Waals surface area contributed by atoms with Gasteiger partial charge in [-0.25, -0.2) is 0 Å². The van der Waals surface area contributed by atoms with Gasteiger partial charge in [-0.15, -0.1) is 0 Å². The van der Waals surface area contributed by atoms with E-state index in [2.05, 4.69) is 4.98 Å². The van der Waals surface area contributed by atoms with E-state index >= 15 is 0 Å². The standard InChI is InChI=1S/C25H18N2O5/c28-15-7-5-6-14(12-15)22-21(23(30)17-13-26-18-9-2-1-8-16(17)18)24(31)25(32)27(22)19-10-3-4-11-20(19)29/h1-13,22,26,28-30H/b23-21-. The van der Waals surface area contributed by atoms with Crippen LogP contribution in [0, 0.1) is 0 Å². The van der Waals surface area contributed by atoms with Crippen LogP contribution in [-0.2, 0) is 9.59 Å². The first-order chi connectivity index (χ1) is 15.5. The number of nitrogens with one attached hydrogen (secondary N) is 1. The molecule has 1 amide bonds. The van der Waals surface area contributed by atoms with E-state index in [0.717, 1.165) is 10.4 Å². The number of aliphatic hydroxyl groups excluding tert-OH is 1. The number of benzene rings is 3. The second-order valence-corrected chi connectivity index (χ2v) is 7.50. The number of H-pyrrole nitrogens is 1. The molecule has 0 bridgehead atoms. The van der Waals surface area contributed by atoms with Gasteiger partial charge in [0.05, 0.1) is 17.3 Å². The van der Waals surface area contributed by atoms with Gasteiger partial charge in [0.2, 0.25) is 0 Å². The van der Waals surface area contributed by atoms with Crippen molar-refractivity contribution in [2.75, 3.05) is 4.90 Å². The number of aromatic hydroxyl groups is 2. The number of phenolic OH excluding ortho intramolecular Hbond substituents is 2. The molecule has 3 aromatic carbocycles. The van der Waals surface area contributed by atoms with E-state index in [4.69, 9.17) is 0 Å². The third-order valence-corrected chi connectivity index (χ3v) is 5.62. The van der Waals surface area contributed by atoms with Crippen LogP contribution >= 0.6 is 0 Å². The first kappa shape index (κ1) is 19.4. The predicted octanol–water partition coefficient (Wildman–Crippen LogP) is 4.21. The minimum Gasteiger partial charge on any atom is -0.508 e. The van der Waals surface area contributed by atoms with Crippen molar-refractivity contribution in [3.8, 4) is 11.5 Å². The van der Waals surface area contributed by atoms with Crippen LogP contribution in [0.3, 0.4) is 0 Å². The Balaban J connectivity index is 1.79. The highest BCUT2D eigenvalue weighted by atomic mass is 16.3. The number of para-hydroxylation sites is 3. The summed E-state index contributed by atoms with van der Waals surface area (Å²) in [6, 6.07) is 18.5. The number of aromatic nitrogens is 1. The van der Waals surface area contributed by atoms with Gasteiger partial charge in [-0.2, -0.15) is 0 Å². The normalized spacial score (nSPS) is 17.9. The number of anilines is 1. The minimum absolute atomic E-state index is 0.0579. The van der Waals surface area contributed by atoms with Gasteiger partial charge in [-0.05, 0) is 35.9 Å². The van der Waals surface area contributed by atoms with E-state index in [-0.39, 0.29) is 28.5 Å². The summed E-state index contributed by atoms with van der Waals surface area (Å²) in [4.78, 5) is 30.5. The van der Waals surface area contributed by atoms with Crippen molar-refractivity contribution < 1.29 is 24.9 Å². The number of aliphatic hydroxyl groups is 1. The third kappa shape index (κ3) is 2.91. The molecule has 4 aromatic rings. The van der Waals surface area contributed by atoms with Crippen molar-refractivity contribution in [2.45, 2.75) is 6.04 Å². The van der Waals surface area contributed by atoms with Crippen LogP contribution < -0.4 is 4.90 Å². The Bertz CT molecular complexity index is 1420. The van der Waals surface area contributed by atoms with Crippen LogP contribution in [0.4, 0.5) is 5.69 Å². The lowest BCUT2D eigenvalue weighted by atomic mass is 9.94. The Morgan fingerprint density at radius 3 is 2.44 bits per heavy atom. The molecule has 1 unspecified atom stereocenters. The second-order valence-electron chi connectivity index (χ2n) is 7.50. The van der Waals surface area contributed by atoms with Gasteiger partial charge in [0.1, 0.15) is 17.3 Å². The molecule has 7 heteroatoms. The Morgan fingerprint density at radius 2 is 1.66 bits per heavy atom. The van der Waals surface area contributed by atoms with Gasteiger partial charge in [0.15, 0.2) is 0 Å². The van der Waals surface area contributed by atoms with E-state index in [1.807, 2.05) is 12.1 Å². The van der Waals surface area contributed by atoms with E-state index in [1.165, 1.54) is 24.3 Å². The Morgan fingerprint density at radius 1 is 0.906 bits per heavy atom. The number of carbonyl (C=O) groups is 2. The molecular formula is C25H18N2O5. The number of amides is 1. The predicted molar refractivity (Wildman–Crippen MR) is 119 cm³/mol. The Hall–Kier alpha value is -4.52. The van der Waals surface area contributed by atoms with Crippen molar-refractivity contribution in [2.24, 2.45) is 0 Å². The van der Waals surface area contributed by atoms with Gasteiger partial charge >= 0.3 is 0 Å². The lowest BCUT2D eigenvalue weighted by Gasteiger charge is -2.26. The number of ketones is 1. The smallest absolute Gasteiger partial charge is 0.300 e. The number of carbonyl (C=O) groups excluding carboxylic acids is 2. The Labute approximate surface area is 182 Å². The van der Waals surface area contributed by atoms with Gasteiger partial charge in [0, 0.05) is 22.7 Å². The molecule has 1 fully saturated rings. The number of fused-ring (bicyclic) bond motifs is 1. The lowest BCUT2D eigenvalue weighted by molar-refractivity contribution is -0.132. The average Bonchev–Trinajstić information content (AvgIpc) is 3.33. The van der Waals surface area contributed by atoms with E-state index in [1.54, 1.807) is 42.6 Å². The molecule has 0 spiro atoms. The molecule has 32 heavy (non-hydrogen) atoms. The van der Waals surface area contributed by atoms with Gasteiger partial charge < -0.3 is 20.3 Å². The zero-order valence-electron chi connectivity index (χ0n) is 16.7. The van der Waals surface area contributed by atoms with Crippen molar-refractivity contribution in [1.82, 2.24) is 4.98 Å². The van der Waals surface area contributed by atoms with Crippen molar-refractivity contribution in [3.05, 3.63) is 95.7 Å². The maximum Gasteiger partial charge on any atom is 0.300 e. The lowest BCUT2D eigenvalue weighted by Crippen LogP contribution is -2.29. The van der Waals surface area contributed by atoms with Gasteiger partial charge in [-0.3, -0.25) is 14.5 Å². The minimum atomic E-state index is -1.05. The van der Waals surface area contributed by atoms with Crippen LogP contribution in [0.25, 0.3) is 16.7 Å². The van der Waals surface area contributed by atoms with Crippen LogP contribution in [0.15, 0.2) is 84.6 Å². The summed E-state index contributed by atoms with van der Waals surface area (Å²) in [5, 5.41) is 32.4. The monoisotopic (exact) mass is 426 g/mol. The SMILES string of the molecule is O=C1C(=O)N(c2ccccc2O)C(c2cccc(O)c2)/C1=C(/O)c1c[nH]c2ccccc12. The fourth-order valence-corrected chi connectivity index (χ4v) is 4.17. The molecule has 1 saturated heterocycles. The molecule has 5 rings (SSSR count). The number of phenols is 2. The molecule has 7 nitrogen and oxygen atoms in total. The molecule has 0 aliphatic carbocycles. The molecule has 0 saturated carbocycles. The summed E-state index contributed by atoms with van der Waals surface area (Å²) in [6.07, 6.45) is 1.58. The summed E-state index contributed by atoms with van der Waals surface area (Å²) in [6.45, 7) is 0. The fraction of sp³-hybridized carbons (Fsp3) is 0.0400. The number of Topliss-reactive ketones (excluding diaryl/α,β-unsaturated/α-hetero) is 1. The van der Waals surface area contributed by atoms with Crippen LogP contribution in [-0.4, -0.2) is 32.0 Å². The Kier molecular flexibility index (Phi) is 4.44. The number of nitrogens with zero attached hydrogens (tertiary/aromatic N) is 1. The average molecular weight is 426 g/mol. The highest BCUT2D eigenvalue weighted by molar-refractivity contribution is 6.52. The molecule has 0 radical (unpaired) electrons. The number of hydrogen-bond donors (Lipinski definition) is 4.